The number of aromatic amines is 1. The molecular weight excluding hydrogens is 310 g/mol. The number of aromatic carboxylic acids is 1. The van der Waals surface area contributed by atoms with Gasteiger partial charge in [0.1, 0.15) is 5.60 Å². The summed E-state index contributed by atoms with van der Waals surface area (Å²) in [6, 6.07) is 1.66. The first kappa shape index (κ1) is 20.0. The number of H-pyrrole nitrogens is 1. The van der Waals surface area contributed by atoms with Crippen LogP contribution in [0, 0.1) is 12.8 Å². The summed E-state index contributed by atoms with van der Waals surface area (Å²) < 4.78 is 5.23. The van der Waals surface area contributed by atoms with Gasteiger partial charge in [0, 0.05) is 30.5 Å². The zero-order chi connectivity index (χ0) is 18.5. The minimum absolute atomic E-state index is 0.0365. The first-order valence-corrected chi connectivity index (χ1v) is 8.11. The number of alkyl carbamates (subject to hydrolysis) is 1. The number of carboxylic acid groups (broad SMARTS) is 1. The van der Waals surface area contributed by atoms with E-state index in [2.05, 4.69) is 29.5 Å². The summed E-state index contributed by atoms with van der Waals surface area (Å²) in [5, 5.41) is 15.2. The van der Waals surface area contributed by atoms with Crippen LogP contribution in [0.2, 0.25) is 0 Å². The van der Waals surface area contributed by atoms with Gasteiger partial charge in [-0.1, -0.05) is 13.8 Å². The zero-order valence-electron chi connectivity index (χ0n) is 15.3. The molecule has 1 unspecified atom stereocenters. The predicted octanol–water partition coefficient (Wildman–Crippen LogP) is 2.66. The maximum atomic E-state index is 11.8. The number of hydrogen-bond acceptors (Lipinski definition) is 4. The van der Waals surface area contributed by atoms with Crippen LogP contribution in [-0.2, 0) is 11.3 Å². The van der Waals surface area contributed by atoms with Crippen molar-refractivity contribution in [2.45, 2.75) is 59.7 Å². The minimum atomic E-state index is -0.943. The number of ether oxygens (including phenoxy) is 1. The van der Waals surface area contributed by atoms with Crippen molar-refractivity contribution >= 4 is 12.1 Å². The number of amides is 1. The Morgan fingerprint density at radius 1 is 1.33 bits per heavy atom. The van der Waals surface area contributed by atoms with Crippen molar-refractivity contribution in [3.8, 4) is 0 Å². The average molecular weight is 339 g/mol. The maximum Gasteiger partial charge on any atom is 0.407 e. The van der Waals surface area contributed by atoms with E-state index in [1.807, 2.05) is 20.8 Å². The molecule has 136 valence electrons. The van der Waals surface area contributed by atoms with Crippen molar-refractivity contribution in [1.82, 2.24) is 15.6 Å². The molecule has 1 amide bonds. The average Bonchev–Trinajstić information content (AvgIpc) is 2.77. The van der Waals surface area contributed by atoms with Crippen molar-refractivity contribution in [2.24, 2.45) is 5.92 Å². The molecule has 1 aromatic rings. The van der Waals surface area contributed by atoms with E-state index in [9.17, 15) is 9.59 Å². The lowest BCUT2D eigenvalue weighted by Gasteiger charge is -2.24. The Kier molecular flexibility index (Phi) is 6.83. The first-order valence-electron chi connectivity index (χ1n) is 8.11. The van der Waals surface area contributed by atoms with Gasteiger partial charge in [0.05, 0.1) is 5.56 Å². The van der Waals surface area contributed by atoms with E-state index in [1.165, 1.54) is 0 Å². The van der Waals surface area contributed by atoms with E-state index in [0.29, 0.717) is 18.8 Å². The van der Waals surface area contributed by atoms with Gasteiger partial charge < -0.3 is 25.5 Å². The molecule has 1 atom stereocenters. The van der Waals surface area contributed by atoms with E-state index in [-0.39, 0.29) is 17.5 Å². The minimum Gasteiger partial charge on any atom is -0.478 e. The van der Waals surface area contributed by atoms with Crippen LogP contribution in [-0.4, -0.2) is 40.3 Å². The van der Waals surface area contributed by atoms with E-state index < -0.39 is 17.7 Å². The highest BCUT2D eigenvalue weighted by atomic mass is 16.6. The fourth-order valence-electron chi connectivity index (χ4n) is 2.24. The maximum absolute atomic E-state index is 11.8. The standard InChI is InChI=1S/C17H29N3O4/c1-10(2)14(9-19-16(23)24-17(4,5)6)18-8-12-7-13(15(21)22)11(3)20-12/h7,10,14,18,20H,8-9H2,1-6H3,(H,19,23)(H,21,22). The Morgan fingerprint density at radius 3 is 2.42 bits per heavy atom. The Labute approximate surface area is 143 Å². The lowest BCUT2D eigenvalue weighted by atomic mass is 10.0. The third-order valence-electron chi connectivity index (χ3n) is 3.53. The smallest absolute Gasteiger partial charge is 0.407 e. The van der Waals surface area contributed by atoms with Gasteiger partial charge in [-0.05, 0) is 39.7 Å². The van der Waals surface area contributed by atoms with Crippen LogP contribution in [0.4, 0.5) is 4.79 Å². The number of carboxylic acids is 1. The van der Waals surface area contributed by atoms with Crippen LogP contribution in [0.5, 0.6) is 0 Å². The molecule has 4 N–H and O–H groups in total. The Hall–Kier alpha value is -2.02. The molecule has 0 spiro atoms. The summed E-state index contributed by atoms with van der Waals surface area (Å²) >= 11 is 0. The number of aryl methyl sites for hydroxylation is 1. The lowest BCUT2D eigenvalue weighted by molar-refractivity contribution is 0.0518. The fourth-order valence-corrected chi connectivity index (χ4v) is 2.24. The Balaban J connectivity index is 2.56. The first-order chi connectivity index (χ1) is 11.0. The van der Waals surface area contributed by atoms with Gasteiger partial charge in [0.2, 0.25) is 0 Å². The monoisotopic (exact) mass is 339 g/mol. The summed E-state index contributed by atoms with van der Waals surface area (Å²) in [5.41, 5.74) is 1.18. The predicted molar refractivity (Wildman–Crippen MR) is 92.2 cm³/mol. The van der Waals surface area contributed by atoms with Crippen LogP contribution < -0.4 is 10.6 Å². The molecule has 0 fully saturated rings. The number of hydrogen-bond donors (Lipinski definition) is 4. The molecular formula is C17H29N3O4. The van der Waals surface area contributed by atoms with Gasteiger partial charge in [0.25, 0.3) is 0 Å². The molecule has 7 heteroatoms. The summed E-state index contributed by atoms with van der Waals surface area (Å²) in [5.74, 6) is -0.656. The highest BCUT2D eigenvalue weighted by Gasteiger charge is 2.19. The third-order valence-corrected chi connectivity index (χ3v) is 3.53. The van der Waals surface area contributed by atoms with Gasteiger partial charge in [-0.3, -0.25) is 0 Å². The van der Waals surface area contributed by atoms with Crippen molar-refractivity contribution < 1.29 is 19.4 Å². The topological polar surface area (TPSA) is 103 Å². The molecule has 24 heavy (non-hydrogen) atoms. The summed E-state index contributed by atoms with van der Waals surface area (Å²) in [6.07, 6.45) is -0.446. The summed E-state index contributed by atoms with van der Waals surface area (Å²) in [7, 11) is 0. The van der Waals surface area contributed by atoms with Crippen molar-refractivity contribution in [1.29, 1.82) is 0 Å². The van der Waals surface area contributed by atoms with E-state index >= 15 is 0 Å². The van der Waals surface area contributed by atoms with Crippen molar-refractivity contribution in [3.05, 3.63) is 23.0 Å². The molecule has 0 radical (unpaired) electrons. The van der Waals surface area contributed by atoms with Crippen LogP contribution in [0.3, 0.4) is 0 Å². The molecule has 0 aliphatic heterocycles. The van der Waals surface area contributed by atoms with Crippen molar-refractivity contribution in [2.75, 3.05) is 6.54 Å². The van der Waals surface area contributed by atoms with Crippen LogP contribution in [0.15, 0.2) is 6.07 Å². The lowest BCUT2D eigenvalue weighted by Crippen LogP contribution is -2.45. The quantitative estimate of drug-likeness (QED) is 0.611. The molecule has 0 aliphatic carbocycles. The third kappa shape index (κ3) is 6.62. The second-order valence-corrected chi connectivity index (χ2v) is 7.25. The molecule has 1 rings (SSSR count). The SMILES string of the molecule is Cc1[nH]c(CNC(CNC(=O)OC(C)(C)C)C(C)C)cc1C(=O)O. The highest BCUT2D eigenvalue weighted by Crippen LogP contribution is 2.11. The number of nitrogens with one attached hydrogen (secondary N) is 3. The Bertz CT molecular complexity index is 573. The van der Waals surface area contributed by atoms with Gasteiger partial charge in [-0.25, -0.2) is 9.59 Å². The largest absolute Gasteiger partial charge is 0.478 e. The molecule has 1 heterocycles. The van der Waals surface area contributed by atoms with E-state index in [4.69, 9.17) is 9.84 Å². The molecule has 0 aliphatic rings. The summed E-state index contributed by atoms with van der Waals surface area (Å²) in [6.45, 7) is 12.2. The zero-order valence-corrected chi connectivity index (χ0v) is 15.3. The normalized spacial score (nSPS) is 13.0. The summed E-state index contributed by atoms with van der Waals surface area (Å²) in [4.78, 5) is 25.9. The van der Waals surface area contributed by atoms with Gasteiger partial charge in [-0.2, -0.15) is 0 Å². The number of aromatic nitrogens is 1. The number of carbonyl (C=O) groups is 2. The van der Waals surface area contributed by atoms with Gasteiger partial charge in [-0.15, -0.1) is 0 Å². The van der Waals surface area contributed by atoms with Gasteiger partial charge >= 0.3 is 12.1 Å². The molecule has 0 saturated heterocycles. The van der Waals surface area contributed by atoms with Crippen molar-refractivity contribution in [3.63, 3.8) is 0 Å². The number of carbonyl (C=O) groups excluding carboxylic acids is 1. The van der Waals surface area contributed by atoms with E-state index in [0.717, 1.165) is 5.69 Å². The molecule has 1 aromatic heterocycles. The molecule has 0 aromatic carbocycles. The van der Waals surface area contributed by atoms with Crippen LogP contribution >= 0.6 is 0 Å². The second-order valence-electron chi connectivity index (χ2n) is 7.25. The van der Waals surface area contributed by atoms with E-state index in [1.54, 1.807) is 13.0 Å². The van der Waals surface area contributed by atoms with Gasteiger partial charge in [0.15, 0.2) is 0 Å². The number of rotatable bonds is 7. The Morgan fingerprint density at radius 2 is 1.96 bits per heavy atom. The van der Waals surface area contributed by atoms with Crippen LogP contribution in [0.25, 0.3) is 0 Å². The second kappa shape index (κ2) is 8.19. The molecule has 7 nitrogen and oxygen atoms in total. The van der Waals surface area contributed by atoms with Crippen LogP contribution in [0.1, 0.15) is 56.4 Å². The molecule has 0 bridgehead atoms. The molecule has 0 saturated carbocycles. The highest BCUT2D eigenvalue weighted by molar-refractivity contribution is 5.89. The fraction of sp³-hybridized carbons (Fsp3) is 0.647.